The van der Waals surface area contributed by atoms with Crippen molar-refractivity contribution in [1.29, 1.82) is 5.26 Å². The number of rotatable bonds is 2. The van der Waals surface area contributed by atoms with Gasteiger partial charge in [-0.1, -0.05) is 12.1 Å². The lowest BCUT2D eigenvalue weighted by atomic mass is 10.1. The molecule has 0 unspecified atom stereocenters. The zero-order valence-electron chi connectivity index (χ0n) is 7.51. The van der Waals surface area contributed by atoms with Gasteiger partial charge in [-0.05, 0) is 17.7 Å². The molecular formula is C10H6F3NO. The van der Waals surface area contributed by atoms with Crippen LogP contribution < -0.4 is 0 Å². The van der Waals surface area contributed by atoms with Gasteiger partial charge in [0.05, 0.1) is 11.6 Å². The molecule has 0 aliphatic rings. The molecule has 0 heterocycles. The maximum absolute atomic E-state index is 11.9. The van der Waals surface area contributed by atoms with Gasteiger partial charge in [0.25, 0.3) is 0 Å². The molecule has 0 aromatic heterocycles. The summed E-state index contributed by atoms with van der Waals surface area (Å²) < 4.78 is 35.6. The van der Waals surface area contributed by atoms with E-state index in [0.717, 1.165) is 0 Å². The summed E-state index contributed by atoms with van der Waals surface area (Å²) in [5, 5.41) is 8.44. The fourth-order valence-electron chi connectivity index (χ4n) is 0.983. The second-order valence-corrected chi connectivity index (χ2v) is 2.91. The molecule has 0 N–H and O–H groups in total. The highest BCUT2D eigenvalue weighted by Gasteiger charge is 2.37. The molecule has 2 nitrogen and oxygen atoms in total. The minimum atomic E-state index is -4.80. The van der Waals surface area contributed by atoms with Crippen LogP contribution in [0.5, 0.6) is 0 Å². The predicted molar refractivity (Wildman–Crippen MR) is 45.9 cm³/mol. The lowest BCUT2D eigenvalue weighted by Crippen LogP contribution is -2.24. The first kappa shape index (κ1) is 11.2. The summed E-state index contributed by atoms with van der Waals surface area (Å²) in [6, 6.07) is 7.25. The summed E-state index contributed by atoms with van der Waals surface area (Å²) in [6.07, 6.45) is -5.48. The molecule has 0 spiro atoms. The Bertz CT molecular complexity index is 400. The molecule has 0 bridgehead atoms. The molecule has 5 heteroatoms. The van der Waals surface area contributed by atoms with E-state index in [1.165, 1.54) is 24.3 Å². The topological polar surface area (TPSA) is 40.9 Å². The van der Waals surface area contributed by atoms with Crippen molar-refractivity contribution >= 4 is 5.78 Å². The van der Waals surface area contributed by atoms with Crippen LogP contribution in [0, 0.1) is 11.3 Å². The second-order valence-electron chi connectivity index (χ2n) is 2.91. The van der Waals surface area contributed by atoms with Crippen LogP contribution in [-0.4, -0.2) is 12.0 Å². The number of halogens is 3. The maximum Gasteiger partial charge on any atom is 0.450 e. The number of Topliss-reactive ketones (excluding diaryl/α,β-unsaturated/α-hetero) is 1. The molecule has 0 atom stereocenters. The van der Waals surface area contributed by atoms with Crippen molar-refractivity contribution in [1.82, 2.24) is 0 Å². The third-order valence-corrected chi connectivity index (χ3v) is 1.76. The molecule has 0 aliphatic heterocycles. The normalized spacial score (nSPS) is 10.8. The van der Waals surface area contributed by atoms with Crippen molar-refractivity contribution in [3.8, 4) is 6.07 Å². The lowest BCUT2D eigenvalue weighted by molar-refractivity contribution is -0.170. The average molecular weight is 213 g/mol. The van der Waals surface area contributed by atoms with Crippen LogP contribution in [0.4, 0.5) is 13.2 Å². The summed E-state index contributed by atoms with van der Waals surface area (Å²) in [7, 11) is 0. The van der Waals surface area contributed by atoms with Crippen molar-refractivity contribution in [3.63, 3.8) is 0 Å². The van der Waals surface area contributed by atoms with Gasteiger partial charge in [-0.3, -0.25) is 4.79 Å². The van der Waals surface area contributed by atoms with Gasteiger partial charge >= 0.3 is 6.18 Å². The van der Waals surface area contributed by atoms with Crippen LogP contribution in [-0.2, 0) is 11.2 Å². The molecule has 0 saturated heterocycles. The predicted octanol–water partition coefficient (Wildman–Crippen LogP) is 2.23. The number of carbonyl (C=O) groups is 1. The Morgan fingerprint density at radius 2 is 1.80 bits per heavy atom. The highest BCUT2D eigenvalue weighted by molar-refractivity contribution is 5.86. The lowest BCUT2D eigenvalue weighted by Gasteiger charge is -2.04. The molecule has 0 aliphatic carbocycles. The van der Waals surface area contributed by atoms with Crippen LogP contribution in [0.1, 0.15) is 11.1 Å². The second kappa shape index (κ2) is 4.13. The fourth-order valence-corrected chi connectivity index (χ4v) is 0.983. The van der Waals surface area contributed by atoms with Crippen molar-refractivity contribution in [2.45, 2.75) is 12.6 Å². The van der Waals surface area contributed by atoms with Crippen LogP contribution in [0.2, 0.25) is 0 Å². The quantitative estimate of drug-likeness (QED) is 0.755. The molecule has 0 radical (unpaired) electrons. The third-order valence-electron chi connectivity index (χ3n) is 1.76. The molecule has 0 fully saturated rings. The van der Waals surface area contributed by atoms with E-state index in [2.05, 4.69) is 0 Å². The minimum absolute atomic E-state index is 0.247. The molecule has 1 rings (SSSR count). The molecule has 1 aromatic carbocycles. The average Bonchev–Trinajstić information content (AvgIpc) is 2.17. The number of carbonyl (C=O) groups excluding carboxylic acids is 1. The standard InChI is InChI=1S/C10H6F3NO/c11-10(12,13)9(15)5-7-1-3-8(6-14)4-2-7/h1-4H,5H2. The monoisotopic (exact) mass is 213 g/mol. The van der Waals surface area contributed by atoms with Crippen LogP contribution in [0.15, 0.2) is 24.3 Å². The van der Waals surface area contributed by atoms with Gasteiger partial charge in [0.2, 0.25) is 5.78 Å². The molecule has 0 amide bonds. The number of ketones is 1. The first-order valence-corrected chi connectivity index (χ1v) is 4.02. The number of nitrogens with zero attached hydrogens (tertiary/aromatic N) is 1. The van der Waals surface area contributed by atoms with E-state index in [-0.39, 0.29) is 5.56 Å². The number of nitriles is 1. The zero-order valence-corrected chi connectivity index (χ0v) is 7.51. The Balaban J connectivity index is 2.75. The van der Waals surface area contributed by atoms with Crippen LogP contribution in [0.25, 0.3) is 0 Å². The van der Waals surface area contributed by atoms with E-state index in [0.29, 0.717) is 5.56 Å². The Morgan fingerprint density at radius 1 is 1.27 bits per heavy atom. The van der Waals surface area contributed by atoms with Crippen molar-refractivity contribution in [2.75, 3.05) is 0 Å². The first-order chi connectivity index (χ1) is 6.93. The Hall–Kier alpha value is -1.83. The van der Waals surface area contributed by atoms with Crippen molar-refractivity contribution in [2.24, 2.45) is 0 Å². The van der Waals surface area contributed by atoms with Gasteiger partial charge in [0, 0.05) is 6.42 Å². The summed E-state index contributed by atoms with van der Waals surface area (Å²) in [6.45, 7) is 0. The summed E-state index contributed by atoms with van der Waals surface area (Å²) in [5.41, 5.74) is 0.592. The number of hydrogen-bond acceptors (Lipinski definition) is 2. The maximum atomic E-state index is 11.9. The smallest absolute Gasteiger partial charge is 0.289 e. The molecule has 1 aromatic rings. The fraction of sp³-hybridized carbons (Fsp3) is 0.200. The number of hydrogen-bond donors (Lipinski definition) is 0. The number of benzene rings is 1. The van der Waals surface area contributed by atoms with Gasteiger partial charge in [0.1, 0.15) is 0 Å². The van der Waals surface area contributed by atoms with E-state index in [1.54, 1.807) is 0 Å². The third kappa shape index (κ3) is 3.09. The Labute approximate surface area is 83.9 Å². The molecular weight excluding hydrogens is 207 g/mol. The first-order valence-electron chi connectivity index (χ1n) is 4.02. The largest absolute Gasteiger partial charge is 0.450 e. The van der Waals surface area contributed by atoms with Crippen molar-refractivity contribution in [3.05, 3.63) is 35.4 Å². The molecule has 0 saturated carbocycles. The van der Waals surface area contributed by atoms with Crippen molar-refractivity contribution < 1.29 is 18.0 Å². The van der Waals surface area contributed by atoms with Gasteiger partial charge in [-0.2, -0.15) is 18.4 Å². The van der Waals surface area contributed by atoms with Gasteiger partial charge in [-0.25, -0.2) is 0 Å². The van der Waals surface area contributed by atoms with Gasteiger partial charge < -0.3 is 0 Å². The van der Waals surface area contributed by atoms with Crippen LogP contribution in [0.3, 0.4) is 0 Å². The molecule has 78 valence electrons. The van der Waals surface area contributed by atoms with E-state index in [4.69, 9.17) is 5.26 Å². The SMILES string of the molecule is N#Cc1ccc(CC(=O)C(F)(F)F)cc1. The van der Waals surface area contributed by atoms with Gasteiger partial charge in [-0.15, -0.1) is 0 Å². The van der Waals surface area contributed by atoms with E-state index in [9.17, 15) is 18.0 Å². The Kier molecular flexibility index (Phi) is 3.10. The number of alkyl halides is 3. The summed E-state index contributed by atoms with van der Waals surface area (Å²) in [4.78, 5) is 10.6. The van der Waals surface area contributed by atoms with Gasteiger partial charge in [0.15, 0.2) is 0 Å². The highest BCUT2D eigenvalue weighted by Crippen LogP contribution is 2.18. The van der Waals surface area contributed by atoms with E-state index in [1.807, 2.05) is 6.07 Å². The highest BCUT2D eigenvalue weighted by atomic mass is 19.4. The zero-order chi connectivity index (χ0) is 11.5. The Morgan fingerprint density at radius 3 is 2.20 bits per heavy atom. The minimum Gasteiger partial charge on any atom is -0.289 e. The van der Waals surface area contributed by atoms with Crippen LogP contribution >= 0.6 is 0 Å². The summed E-state index contributed by atoms with van der Waals surface area (Å²) >= 11 is 0. The molecule has 15 heavy (non-hydrogen) atoms. The van der Waals surface area contributed by atoms with E-state index >= 15 is 0 Å². The van der Waals surface area contributed by atoms with E-state index < -0.39 is 18.4 Å². The summed E-state index contributed by atoms with van der Waals surface area (Å²) in [5.74, 6) is -1.78.